The van der Waals surface area contributed by atoms with Gasteiger partial charge in [-0.05, 0) is 48.1 Å². The minimum Gasteiger partial charge on any atom is -0.508 e. The Bertz CT molecular complexity index is 1030. The van der Waals surface area contributed by atoms with Crippen molar-refractivity contribution in [3.8, 4) is 5.75 Å². The average Bonchev–Trinajstić information content (AvgIpc) is 2.76. The maximum atomic E-state index is 13.1. The third-order valence-corrected chi connectivity index (χ3v) is 5.56. The number of anilines is 1. The number of hydrogen-bond donors (Lipinski definition) is 1. The van der Waals surface area contributed by atoms with Crippen LogP contribution in [0.2, 0.25) is 0 Å². The molecule has 148 valence electrons. The normalized spacial score (nSPS) is 14.6. The van der Waals surface area contributed by atoms with Crippen molar-refractivity contribution < 1.29 is 9.90 Å². The Hall–Kier alpha value is -3.11. The molecule has 4 nitrogen and oxygen atoms in total. The van der Waals surface area contributed by atoms with Crippen LogP contribution in [0.4, 0.5) is 5.69 Å². The van der Waals surface area contributed by atoms with Crippen LogP contribution >= 0.6 is 0 Å². The lowest BCUT2D eigenvalue weighted by molar-refractivity contribution is -0.119. The van der Waals surface area contributed by atoms with Gasteiger partial charge in [0.05, 0.1) is 12.2 Å². The van der Waals surface area contributed by atoms with E-state index < -0.39 is 0 Å². The maximum absolute atomic E-state index is 13.1. The zero-order valence-electron chi connectivity index (χ0n) is 16.7. The number of phenolic OH excluding ortho intramolecular Hbond substituents is 1. The molecule has 0 saturated carbocycles. The summed E-state index contributed by atoms with van der Waals surface area (Å²) in [5.74, 6) is 0.413. The van der Waals surface area contributed by atoms with Gasteiger partial charge in [0, 0.05) is 25.0 Å². The number of amides is 1. The Labute approximate surface area is 171 Å². The molecule has 0 unspecified atom stereocenters. The van der Waals surface area contributed by atoms with E-state index in [1.807, 2.05) is 48.2 Å². The van der Waals surface area contributed by atoms with Gasteiger partial charge in [0.15, 0.2) is 0 Å². The summed E-state index contributed by atoms with van der Waals surface area (Å²) in [7, 11) is 0. The summed E-state index contributed by atoms with van der Waals surface area (Å²) in [4.78, 5) is 17.2. The smallest absolute Gasteiger partial charge is 0.241 e. The molecule has 29 heavy (non-hydrogen) atoms. The summed E-state index contributed by atoms with van der Waals surface area (Å²) in [6.45, 7) is 4.70. The number of hydrogen-bond acceptors (Lipinski definition) is 3. The number of rotatable bonds is 5. The third-order valence-electron chi connectivity index (χ3n) is 5.56. The van der Waals surface area contributed by atoms with Gasteiger partial charge in [0.25, 0.3) is 0 Å². The number of fused-ring (bicyclic) bond motifs is 1. The van der Waals surface area contributed by atoms with Gasteiger partial charge in [-0.3, -0.25) is 9.69 Å². The highest BCUT2D eigenvalue weighted by Crippen LogP contribution is 2.28. The van der Waals surface area contributed by atoms with Crippen molar-refractivity contribution in [3.05, 3.63) is 78.4 Å². The van der Waals surface area contributed by atoms with Crippen LogP contribution in [0.5, 0.6) is 5.75 Å². The largest absolute Gasteiger partial charge is 0.508 e. The number of carbonyl (C=O) groups excluding carboxylic acids is 1. The van der Waals surface area contributed by atoms with Crippen LogP contribution in [0.3, 0.4) is 0 Å². The van der Waals surface area contributed by atoms with Gasteiger partial charge in [0.1, 0.15) is 5.75 Å². The van der Waals surface area contributed by atoms with Crippen molar-refractivity contribution in [2.75, 3.05) is 31.1 Å². The topological polar surface area (TPSA) is 43.8 Å². The van der Waals surface area contributed by atoms with Crippen molar-refractivity contribution >= 4 is 27.9 Å². The first-order chi connectivity index (χ1) is 14.2. The minimum atomic E-state index is 0.130. The molecular formula is C25H26N2O2. The van der Waals surface area contributed by atoms with E-state index in [9.17, 15) is 9.90 Å². The van der Waals surface area contributed by atoms with Crippen LogP contribution in [0.25, 0.3) is 16.3 Å². The molecule has 0 bridgehead atoms. The molecular weight excluding hydrogens is 360 g/mol. The zero-order chi connectivity index (χ0) is 20.2. The number of phenols is 1. The third kappa shape index (κ3) is 4.17. The van der Waals surface area contributed by atoms with Gasteiger partial charge in [-0.2, -0.15) is 0 Å². The second-order valence-electron chi connectivity index (χ2n) is 7.40. The lowest BCUT2D eigenvalue weighted by Gasteiger charge is -2.29. The van der Waals surface area contributed by atoms with Gasteiger partial charge >= 0.3 is 0 Å². The number of carbonyl (C=O) groups is 1. The molecule has 0 spiro atoms. The van der Waals surface area contributed by atoms with Gasteiger partial charge in [-0.15, -0.1) is 0 Å². The van der Waals surface area contributed by atoms with Gasteiger partial charge in [-0.25, -0.2) is 0 Å². The molecule has 3 aromatic carbocycles. The van der Waals surface area contributed by atoms with E-state index in [0.717, 1.165) is 41.5 Å². The van der Waals surface area contributed by atoms with E-state index in [-0.39, 0.29) is 11.7 Å². The van der Waals surface area contributed by atoms with Gasteiger partial charge in [-0.1, -0.05) is 54.6 Å². The number of benzene rings is 3. The maximum Gasteiger partial charge on any atom is 0.241 e. The van der Waals surface area contributed by atoms with Crippen LogP contribution in [0, 0.1) is 0 Å². The lowest BCUT2D eigenvalue weighted by Crippen LogP contribution is -2.42. The molecule has 1 aliphatic rings. The average molecular weight is 386 g/mol. The van der Waals surface area contributed by atoms with E-state index >= 15 is 0 Å². The number of likely N-dealkylation sites (N-methyl/N-ethyl adjacent to an activating group) is 1. The van der Waals surface area contributed by atoms with E-state index in [2.05, 4.69) is 29.2 Å². The predicted molar refractivity (Wildman–Crippen MR) is 119 cm³/mol. The number of aromatic hydroxyl groups is 1. The zero-order valence-corrected chi connectivity index (χ0v) is 16.7. The fraction of sp³-hybridized carbons (Fsp3) is 0.240. The summed E-state index contributed by atoms with van der Waals surface area (Å²) >= 11 is 0. The van der Waals surface area contributed by atoms with Crippen LogP contribution in [0.15, 0.2) is 72.8 Å². The monoisotopic (exact) mass is 386 g/mol. The van der Waals surface area contributed by atoms with Crippen molar-refractivity contribution in [2.45, 2.75) is 13.3 Å². The van der Waals surface area contributed by atoms with Crippen molar-refractivity contribution in [2.24, 2.45) is 0 Å². The standard InChI is InChI=1S/C25H26N2O2/c1-2-27(24-9-5-7-21-6-3-4-8-23(21)24)25(29)18-26-16-14-20(15-17-26)19-10-12-22(28)13-11-19/h3-14,28H,2,15-18H2,1H3. The highest BCUT2D eigenvalue weighted by molar-refractivity contribution is 6.04. The molecule has 1 heterocycles. The molecule has 3 aromatic rings. The Kier molecular flexibility index (Phi) is 5.63. The minimum absolute atomic E-state index is 0.130. The van der Waals surface area contributed by atoms with Gasteiger partial charge < -0.3 is 10.0 Å². The fourth-order valence-electron chi connectivity index (χ4n) is 3.99. The lowest BCUT2D eigenvalue weighted by atomic mass is 9.99. The predicted octanol–water partition coefficient (Wildman–Crippen LogP) is 4.69. The molecule has 1 amide bonds. The molecule has 4 heteroatoms. The van der Waals surface area contributed by atoms with Crippen molar-refractivity contribution in [1.29, 1.82) is 0 Å². The van der Waals surface area contributed by atoms with Crippen molar-refractivity contribution in [1.82, 2.24) is 4.90 Å². The second kappa shape index (κ2) is 8.50. The first kappa shape index (κ1) is 19.2. The highest BCUT2D eigenvalue weighted by atomic mass is 16.3. The summed E-state index contributed by atoms with van der Waals surface area (Å²) < 4.78 is 0. The Morgan fingerprint density at radius 1 is 1.03 bits per heavy atom. The molecule has 0 radical (unpaired) electrons. The van der Waals surface area contributed by atoms with Crippen LogP contribution in [0.1, 0.15) is 18.9 Å². The van der Waals surface area contributed by atoms with E-state index in [1.54, 1.807) is 12.1 Å². The summed E-state index contributed by atoms with van der Waals surface area (Å²) in [6, 6.07) is 21.7. The molecule has 0 fully saturated rings. The second-order valence-corrected chi connectivity index (χ2v) is 7.40. The fourth-order valence-corrected chi connectivity index (χ4v) is 3.99. The van der Waals surface area contributed by atoms with E-state index in [4.69, 9.17) is 0 Å². The molecule has 0 aromatic heterocycles. The van der Waals surface area contributed by atoms with E-state index in [1.165, 1.54) is 5.57 Å². The summed E-state index contributed by atoms with van der Waals surface area (Å²) in [5.41, 5.74) is 3.39. The Morgan fingerprint density at radius 2 is 1.79 bits per heavy atom. The number of nitrogens with zero attached hydrogens (tertiary/aromatic N) is 2. The Balaban J connectivity index is 1.46. The SMILES string of the molecule is CCN(C(=O)CN1CC=C(c2ccc(O)cc2)CC1)c1cccc2ccccc12. The van der Waals surface area contributed by atoms with Crippen molar-refractivity contribution in [3.63, 3.8) is 0 Å². The van der Waals surface area contributed by atoms with Gasteiger partial charge in [0.2, 0.25) is 5.91 Å². The molecule has 0 saturated heterocycles. The van der Waals surface area contributed by atoms with Crippen LogP contribution in [-0.4, -0.2) is 42.1 Å². The molecule has 1 aliphatic heterocycles. The van der Waals surface area contributed by atoms with Crippen LogP contribution < -0.4 is 4.90 Å². The quantitative estimate of drug-likeness (QED) is 0.692. The summed E-state index contributed by atoms with van der Waals surface area (Å²) in [5, 5.41) is 11.7. The molecule has 4 rings (SSSR count). The first-order valence-electron chi connectivity index (χ1n) is 10.1. The molecule has 1 N–H and O–H groups in total. The first-order valence-corrected chi connectivity index (χ1v) is 10.1. The molecule has 0 atom stereocenters. The molecule has 0 aliphatic carbocycles. The highest BCUT2D eigenvalue weighted by Gasteiger charge is 2.21. The Morgan fingerprint density at radius 3 is 2.52 bits per heavy atom. The van der Waals surface area contributed by atoms with E-state index in [0.29, 0.717) is 13.1 Å². The van der Waals surface area contributed by atoms with Crippen LogP contribution in [-0.2, 0) is 4.79 Å². The summed E-state index contributed by atoms with van der Waals surface area (Å²) in [6.07, 6.45) is 3.09.